The van der Waals surface area contributed by atoms with Crippen LogP contribution in [0.1, 0.15) is 25.5 Å². The van der Waals surface area contributed by atoms with Crippen LogP contribution >= 0.6 is 11.6 Å². The van der Waals surface area contributed by atoms with Gasteiger partial charge in [-0.2, -0.15) is 10.4 Å². The zero-order valence-electron chi connectivity index (χ0n) is 13.9. The molecule has 3 rings (SSSR count). The van der Waals surface area contributed by atoms with E-state index in [2.05, 4.69) is 14.8 Å². The van der Waals surface area contributed by atoms with Gasteiger partial charge in [0.15, 0.2) is 0 Å². The summed E-state index contributed by atoms with van der Waals surface area (Å²) in [6, 6.07) is 4.68. The summed E-state index contributed by atoms with van der Waals surface area (Å²) in [5.74, 6) is 0. The molecule has 10 heteroatoms. The number of hydrogen-bond acceptors (Lipinski definition) is 5. The first kappa shape index (κ1) is 18.3. The molecular weight excluding hydrogens is 378 g/mol. The van der Waals surface area contributed by atoms with E-state index in [0.29, 0.717) is 21.5 Å². The first-order valence-corrected chi connectivity index (χ1v) is 9.55. The highest BCUT2D eigenvalue weighted by atomic mass is 35.5. The van der Waals surface area contributed by atoms with Crippen molar-refractivity contribution in [1.29, 1.82) is 5.26 Å². The summed E-state index contributed by atoms with van der Waals surface area (Å²) in [7, 11) is -3.91. The number of rotatable bonds is 5. The molecular formula is C16H16ClN5O3S. The van der Waals surface area contributed by atoms with Crippen LogP contribution in [0.15, 0.2) is 35.6 Å². The normalized spacial score (nSPS) is 14.1. The third kappa shape index (κ3) is 3.14. The number of H-pyrrole nitrogens is 1. The largest absolute Gasteiger partial charge is 0.391 e. The number of nitriles is 1. The fourth-order valence-corrected chi connectivity index (χ4v) is 3.76. The quantitative estimate of drug-likeness (QED) is 0.614. The van der Waals surface area contributed by atoms with E-state index in [9.17, 15) is 13.5 Å². The number of hydrogen-bond donors (Lipinski definition) is 3. The number of aliphatic hydroxyl groups is 1. The van der Waals surface area contributed by atoms with E-state index in [1.807, 2.05) is 6.07 Å². The van der Waals surface area contributed by atoms with Crippen molar-refractivity contribution in [2.24, 2.45) is 0 Å². The molecule has 136 valence electrons. The summed E-state index contributed by atoms with van der Waals surface area (Å²) >= 11 is 6.12. The van der Waals surface area contributed by atoms with Gasteiger partial charge in [-0.05, 0) is 26.0 Å². The van der Waals surface area contributed by atoms with Gasteiger partial charge in [0.2, 0.25) is 0 Å². The molecule has 0 unspecified atom stereocenters. The van der Waals surface area contributed by atoms with Crippen LogP contribution in [-0.4, -0.2) is 34.4 Å². The number of fused-ring (bicyclic) bond motifs is 1. The topological polar surface area (TPSA) is 124 Å². The van der Waals surface area contributed by atoms with Crippen molar-refractivity contribution in [3.05, 3.63) is 41.3 Å². The predicted octanol–water partition coefficient (Wildman–Crippen LogP) is 2.63. The van der Waals surface area contributed by atoms with E-state index in [1.165, 1.54) is 35.4 Å². The maximum Gasteiger partial charge on any atom is 0.265 e. The number of aromatic amines is 1. The molecule has 0 aliphatic rings. The highest BCUT2D eigenvalue weighted by Gasteiger charge is 2.21. The van der Waals surface area contributed by atoms with Gasteiger partial charge in [0.25, 0.3) is 10.0 Å². The number of aromatic nitrogens is 3. The lowest BCUT2D eigenvalue weighted by molar-refractivity contribution is 0.132. The Labute approximate surface area is 155 Å². The minimum absolute atomic E-state index is 0.0415. The molecule has 2 aromatic heterocycles. The molecule has 0 spiro atoms. The molecule has 0 radical (unpaired) electrons. The molecule has 0 saturated heterocycles. The Morgan fingerprint density at radius 3 is 2.81 bits per heavy atom. The minimum atomic E-state index is -3.91. The molecule has 0 bridgehead atoms. The van der Waals surface area contributed by atoms with E-state index in [0.717, 1.165) is 0 Å². The molecule has 3 N–H and O–H groups in total. The first-order valence-electron chi connectivity index (χ1n) is 7.69. The number of aliphatic hydroxyl groups excluding tert-OH is 1. The highest BCUT2D eigenvalue weighted by Crippen LogP contribution is 2.32. The van der Waals surface area contributed by atoms with Crippen molar-refractivity contribution in [3.63, 3.8) is 0 Å². The van der Waals surface area contributed by atoms with Gasteiger partial charge in [0, 0.05) is 17.8 Å². The molecule has 2 atom stereocenters. The average Bonchev–Trinajstić information content (AvgIpc) is 3.24. The monoisotopic (exact) mass is 393 g/mol. The maximum absolute atomic E-state index is 12.7. The number of nitrogens with one attached hydrogen (secondary N) is 2. The molecule has 26 heavy (non-hydrogen) atoms. The highest BCUT2D eigenvalue weighted by molar-refractivity contribution is 7.92. The Kier molecular flexibility index (Phi) is 4.66. The summed E-state index contributed by atoms with van der Waals surface area (Å²) in [5, 5.41) is 23.6. The Bertz CT molecular complexity index is 1110. The maximum atomic E-state index is 12.7. The van der Waals surface area contributed by atoms with E-state index in [4.69, 9.17) is 16.9 Å². The van der Waals surface area contributed by atoms with Gasteiger partial charge < -0.3 is 10.1 Å². The molecule has 0 aliphatic carbocycles. The smallest absolute Gasteiger partial charge is 0.265 e. The summed E-state index contributed by atoms with van der Waals surface area (Å²) in [4.78, 5) is 2.83. The number of anilines is 1. The Morgan fingerprint density at radius 1 is 1.42 bits per heavy atom. The number of benzene rings is 1. The predicted molar refractivity (Wildman–Crippen MR) is 97.5 cm³/mol. The SMILES string of the molecule is C[C@H](O)[C@@H](C)n1cc(S(=O)(=O)Nc2ccc(Cl)c3c(C#N)c[nH]c23)cn1. The third-order valence-electron chi connectivity index (χ3n) is 4.15. The Hall–Kier alpha value is -2.54. The molecule has 0 saturated carbocycles. The number of nitrogens with zero attached hydrogens (tertiary/aromatic N) is 3. The second-order valence-electron chi connectivity index (χ2n) is 5.90. The zero-order chi connectivity index (χ0) is 19.1. The third-order valence-corrected chi connectivity index (χ3v) is 5.79. The van der Waals surface area contributed by atoms with Gasteiger partial charge in [0.1, 0.15) is 11.0 Å². The standard InChI is InChI=1S/C16H16ClN5O3S/c1-9(10(2)23)22-8-12(7-20-22)26(24,25)21-14-4-3-13(17)15-11(5-18)6-19-16(14)15/h3-4,6-10,19,21,23H,1-2H3/t9-,10+/m1/s1. The van der Waals surface area contributed by atoms with Crippen molar-refractivity contribution < 1.29 is 13.5 Å². The van der Waals surface area contributed by atoms with Crippen LogP contribution in [0.2, 0.25) is 5.02 Å². The summed E-state index contributed by atoms with van der Waals surface area (Å²) < 4.78 is 29.2. The van der Waals surface area contributed by atoms with E-state index in [1.54, 1.807) is 13.8 Å². The average molecular weight is 394 g/mol. The Morgan fingerprint density at radius 2 is 2.15 bits per heavy atom. The van der Waals surface area contributed by atoms with Crippen LogP contribution in [-0.2, 0) is 10.0 Å². The summed E-state index contributed by atoms with van der Waals surface area (Å²) in [6.07, 6.45) is 3.35. The van der Waals surface area contributed by atoms with Gasteiger partial charge in [-0.25, -0.2) is 8.42 Å². The van der Waals surface area contributed by atoms with Gasteiger partial charge in [-0.3, -0.25) is 9.40 Å². The second-order valence-corrected chi connectivity index (χ2v) is 7.99. The van der Waals surface area contributed by atoms with E-state index >= 15 is 0 Å². The van der Waals surface area contributed by atoms with Crippen molar-refractivity contribution in [1.82, 2.24) is 14.8 Å². The number of halogens is 1. The molecule has 0 amide bonds. The lowest BCUT2D eigenvalue weighted by Gasteiger charge is -2.14. The van der Waals surface area contributed by atoms with Crippen LogP contribution in [0.5, 0.6) is 0 Å². The molecule has 0 aliphatic heterocycles. The number of sulfonamides is 1. The zero-order valence-corrected chi connectivity index (χ0v) is 15.5. The van der Waals surface area contributed by atoms with Gasteiger partial charge in [-0.15, -0.1) is 0 Å². The lowest BCUT2D eigenvalue weighted by Crippen LogP contribution is -2.18. The second kappa shape index (κ2) is 6.64. The Balaban J connectivity index is 1.99. The first-order chi connectivity index (χ1) is 12.2. The van der Waals surface area contributed by atoms with Gasteiger partial charge in [-0.1, -0.05) is 11.6 Å². The molecule has 3 aromatic rings. The van der Waals surface area contributed by atoms with Gasteiger partial charge >= 0.3 is 0 Å². The van der Waals surface area contributed by atoms with Crippen LogP contribution in [0.4, 0.5) is 5.69 Å². The van der Waals surface area contributed by atoms with Crippen LogP contribution < -0.4 is 4.72 Å². The lowest BCUT2D eigenvalue weighted by atomic mass is 10.1. The molecule has 1 aromatic carbocycles. The van der Waals surface area contributed by atoms with Crippen molar-refractivity contribution in [3.8, 4) is 6.07 Å². The van der Waals surface area contributed by atoms with Crippen LogP contribution in [0, 0.1) is 11.3 Å². The van der Waals surface area contributed by atoms with Crippen LogP contribution in [0.3, 0.4) is 0 Å². The fourth-order valence-electron chi connectivity index (χ4n) is 2.49. The van der Waals surface area contributed by atoms with E-state index in [-0.39, 0.29) is 16.6 Å². The molecule has 2 heterocycles. The molecule has 8 nitrogen and oxygen atoms in total. The van der Waals surface area contributed by atoms with Crippen LogP contribution in [0.25, 0.3) is 10.9 Å². The van der Waals surface area contributed by atoms with Gasteiger partial charge in [0.05, 0.1) is 40.1 Å². The summed E-state index contributed by atoms with van der Waals surface area (Å²) in [5.41, 5.74) is 1.01. The van der Waals surface area contributed by atoms with Crippen molar-refractivity contribution in [2.75, 3.05) is 4.72 Å². The van der Waals surface area contributed by atoms with Crippen molar-refractivity contribution >= 4 is 38.2 Å². The van der Waals surface area contributed by atoms with E-state index < -0.39 is 16.1 Å². The minimum Gasteiger partial charge on any atom is -0.391 e. The summed E-state index contributed by atoms with van der Waals surface area (Å²) in [6.45, 7) is 3.33. The fraction of sp³-hybridized carbons (Fsp3) is 0.250. The van der Waals surface area contributed by atoms with Crippen molar-refractivity contribution in [2.45, 2.75) is 30.9 Å². The molecule has 0 fully saturated rings.